The summed E-state index contributed by atoms with van der Waals surface area (Å²) in [4.78, 5) is 35.2. The summed E-state index contributed by atoms with van der Waals surface area (Å²) in [5.74, 6) is -0.0874. The molecule has 0 radical (unpaired) electrons. The molecule has 10 nitrogen and oxygen atoms in total. The van der Waals surface area contributed by atoms with Crippen molar-refractivity contribution >= 4 is 58.2 Å². The normalized spacial score (nSPS) is 10.7. The van der Waals surface area contributed by atoms with Crippen molar-refractivity contribution in [2.75, 3.05) is 11.1 Å². The van der Waals surface area contributed by atoms with Gasteiger partial charge in [-0.25, -0.2) is 0 Å². The Morgan fingerprint density at radius 3 is 2.59 bits per heavy atom. The zero-order chi connectivity index (χ0) is 24.8. The summed E-state index contributed by atoms with van der Waals surface area (Å²) in [6.45, 7) is 4.23. The van der Waals surface area contributed by atoms with Gasteiger partial charge in [-0.05, 0) is 43.7 Å². The number of carbonyl (C=O) groups is 2. The van der Waals surface area contributed by atoms with Gasteiger partial charge in [0.05, 0.1) is 27.8 Å². The molecule has 2 aromatic carbocycles. The van der Waals surface area contributed by atoms with Crippen molar-refractivity contribution in [3.05, 3.63) is 73.5 Å². The van der Waals surface area contributed by atoms with Crippen LogP contribution in [0.5, 0.6) is 0 Å². The van der Waals surface area contributed by atoms with Gasteiger partial charge in [0.1, 0.15) is 0 Å². The van der Waals surface area contributed by atoms with Crippen molar-refractivity contribution in [3.8, 4) is 0 Å². The number of amides is 2. The van der Waals surface area contributed by atoms with Gasteiger partial charge in [0.15, 0.2) is 11.0 Å². The van der Waals surface area contributed by atoms with Crippen LogP contribution >= 0.6 is 35.0 Å². The summed E-state index contributed by atoms with van der Waals surface area (Å²) in [6.07, 6.45) is 0. The van der Waals surface area contributed by atoms with Crippen molar-refractivity contribution in [2.45, 2.75) is 32.1 Å². The Hall–Kier alpha value is -3.15. The second-order valence-electron chi connectivity index (χ2n) is 7.04. The summed E-state index contributed by atoms with van der Waals surface area (Å²) in [5, 5.41) is 25.8. The predicted molar refractivity (Wildman–Crippen MR) is 131 cm³/mol. The third-order valence-corrected chi connectivity index (χ3v) is 6.23. The highest BCUT2D eigenvalue weighted by Crippen LogP contribution is 2.23. The number of halogens is 2. The molecule has 0 aliphatic heterocycles. The largest absolute Gasteiger partial charge is 0.345 e. The van der Waals surface area contributed by atoms with Gasteiger partial charge in [0.25, 0.3) is 11.6 Å². The van der Waals surface area contributed by atoms with Gasteiger partial charge in [-0.3, -0.25) is 19.7 Å². The molecule has 0 fully saturated rings. The number of nitrogens with one attached hydrogen (secondary N) is 2. The average molecular weight is 523 g/mol. The highest BCUT2D eigenvalue weighted by molar-refractivity contribution is 7.99. The first-order chi connectivity index (χ1) is 16.2. The minimum Gasteiger partial charge on any atom is -0.345 e. The summed E-state index contributed by atoms with van der Waals surface area (Å²) in [6, 6.07) is 8.84. The Balaban J connectivity index is 1.59. The molecule has 13 heteroatoms. The molecule has 0 saturated heterocycles. The molecule has 2 N–H and O–H groups in total. The molecule has 0 aliphatic carbocycles. The van der Waals surface area contributed by atoms with Gasteiger partial charge in [-0.2, -0.15) is 0 Å². The van der Waals surface area contributed by atoms with Gasteiger partial charge in [0, 0.05) is 29.4 Å². The van der Waals surface area contributed by atoms with Crippen LogP contribution in [0.2, 0.25) is 10.0 Å². The van der Waals surface area contributed by atoms with Crippen LogP contribution in [0.25, 0.3) is 0 Å². The van der Waals surface area contributed by atoms with E-state index in [0.717, 1.165) is 0 Å². The van der Waals surface area contributed by atoms with Crippen molar-refractivity contribution in [1.29, 1.82) is 0 Å². The molecule has 0 unspecified atom stereocenters. The molecule has 3 aromatic rings. The SMILES string of the molecule is CCn1c(CNC(=O)c2ccc(Cl)cc2Cl)nnc1SCC(=O)Nc1ccc([N+](=O)[O-])cc1C. The van der Waals surface area contributed by atoms with Crippen LogP contribution in [0.4, 0.5) is 11.4 Å². The number of rotatable bonds is 9. The monoisotopic (exact) mass is 522 g/mol. The van der Waals surface area contributed by atoms with Crippen LogP contribution in [-0.2, 0) is 17.9 Å². The van der Waals surface area contributed by atoms with E-state index in [1.807, 2.05) is 6.92 Å². The molecule has 1 aromatic heterocycles. The summed E-state index contributed by atoms with van der Waals surface area (Å²) >= 11 is 13.1. The number of thioether (sulfide) groups is 1. The Morgan fingerprint density at radius 2 is 1.94 bits per heavy atom. The van der Waals surface area contributed by atoms with E-state index in [4.69, 9.17) is 23.2 Å². The number of carbonyl (C=O) groups excluding carboxylic acids is 2. The Kier molecular flexibility index (Phi) is 8.48. The Bertz CT molecular complexity index is 1250. The van der Waals surface area contributed by atoms with Crippen LogP contribution in [0.1, 0.15) is 28.7 Å². The molecule has 1 heterocycles. The van der Waals surface area contributed by atoms with Gasteiger partial charge in [-0.15, -0.1) is 10.2 Å². The lowest BCUT2D eigenvalue weighted by atomic mass is 10.2. The van der Waals surface area contributed by atoms with Gasteiger partial charge >= 0.3 is 0 Å². The number of hydrogen-bond acceptors (Lipinski definition) is 7. The van der Waals surface area contributed by atoms with E-state index < -0.39 is 4.92 Å². The average Bonchev–Trinajstić information content (AvgIpc) is 3.19. The lowest BCUT2D eigenvalue weighted by Gasteiger charge is -2.10. The van der Waals surface area contributed by atoms with Gasteiger partial charge in [0.2, 0.25) is 5.91 Å². The number of hydrogen-bond donors (Lipinski definition) is 2. The zero-order valence-corrected chi connectivity index (χ0v) is 20.5. The van der Waals surface area contributed by atoms with Crippen LogP contribution in [0.3, 0.4) is 0 Å². The quantitative estimate of drug-likeness (QED) is 0.240. The Labute approximate surface area is 209 Å². The number of nitrogens with zero attached hydrogens (tertiary/aromatic N) is 4. The molecule has 0 spiro atoms. The van der Waals surface area contributed by atoms with Gasteiger partial charge < -0.3 is 15.2 Å². The lowest BCUT2D eigenvalue weighted by Crippen LogP contribution is -2.25. The van der Waals surface area contributed by atoms with Gasteiger partial charge in [-0.1, -0.05) is 35.0 Å². The molecular weight excluding hydrogens is 503 g/mol. The van der Waals surface area contributed by atoms with E-state index >= 15 is 0 Å². The van der Waals surface area contributed by atoms with Crippen molar-refractivity contribution < 1.29 is 14.5 Å². The van der Waals surface area contributed by atoms with E-state index in [-0.39, 0.29) is 34.8 Å². The standard InChI is InChI=1S/C21H20Cl2N6O4S/c1-3-28-18(10-24-20(31)15-6-4-13(22)9-16(15)23)26-27-21(28)34-11-19(30)25-17-7-5-14(29(32)33)8-12(17)2/h4-9H,3,10-11H2,1-2H3,(H,24,31)(H,25,30). The maximum atomic E-state index is 12.4. The van der Waals surface area contributed by atoms with Crippen molar-refractivity contribution in [3.63, 3.8) is 0 Å². The maximum absolute atomic E-state index is 12.4. The highest BCUT2D eigenvalue weighted by atomic mass is 35.5. The molecule has 0 atom stereocenters. The van der Waals surface area contributed by atoms with E-state index in [1.54, 1.807) is 17.6 Å². The maximum Gasteiger partial charge on any atom is 0.269 e. The second kappa shape index (κ2) is 11.3. The van der Waals surface area contributed by atoms with Crippen LogP contribution in [0.15, 0.2) is 41.6 Å². The first-order valence-corrected chi connectivity index (χ1v) is 11.8. The van der Waals surface area contributed by atoms with Crippen LogP contribution in [-0.4, -0.2) is 37.3 Å². The number of anilines is 1. The number of aryl methyl sites for hydroxylation is 1. The van der Waals surface area contributed by atoms with E-state index in [1.165, 1.54) is 42.1 Å². The number of nitro groups is 1. The molecule has 3 rings (SSSR count). The van der Waals surface area contributed by atoms with Crippen LogP contribution in [0, 0.1) is 17.0 Å². The smallest absolute Gasteiger partial charge is 0.269 e. The number of nitro benzene ring substituents is 1. The molecule has 0 bridgehead atoms. The zero-order valence-electron chi connectivity index (χ0n) is 18.2. The molecule has 34 heavy (non-hydrogen) atoms. The minimum absolute atomic E-state index is 0.0427. The first-order valence-electron chi connectivity index (χ1n) is 10.0. The molecular formula is C21H20Cl2N6O4S. The topological polar surface area (TPSA) is 132 Å². The fourth-order valence-corrected chi connectivity index (χ4v) is 4.34. The number of aromatic nitrogens is 3. The fourth-order valence-electron chi connectivity index (χ4n) is 3.02. The lowest BCUT2D eigenvalue weighted by molar-refractivity contribution is -0.384. The summed E-state index contributed by atoms with van der Waals surface area (Å²) < 4.78 is 1.79. The second-order valence-corrected chi connectivity index (χ2v) is 8.83. The van der Waals surface area contributed by atoms with E-state index in [2.05, 4.69) is 20.8 Å². The summed E-state index contributed by atoms with van der Waals surface area (Å²) in [7, 11) is 0. The number of non-ortho nitro benzene ring substituents is 1. The highest BCUT2D eigenvalue weighted by Gasteiger charge is 2.16. The predicted octanol–water partition coefficient (Wildman–Crippen LogP) is 4.48. The first kappa shape index (κ1) is 25.5. The van der Waals surface area contributed by atoms with E-state index in [9.17, 15) is 19.7 Å². The molecule has 0 saturated carbocycles. The fraction of sp³-hybridized carbons (Fsp3) is 0.238. The Morgan fingerprint density at radius 1 is 1.18 bits per heavy atom. The van der Waals surface area contributed by atoms with E-state index in [0.29, 0.717) is 39.4 Å². The molecule has 2 amide bonds. The van der Waals surface area contributed by atoms with Crippen molar-refractivity contribution in [2.24, 2.45) is 0 Å². The summed E-state index contributed by atoms with van der Waals surface area (Å²) in [5.41, 5.74) is 1.33. The number of benzene rings is 2. The molecule has 178 valence electrons. The third kappa shape index (κ3) is 6.25. The third-order valence-electron chi connectivity index (χ3n) is 4.72. The minimum atomic E-state index is -0.490. The molecule has 0 aliphatic rings. The van der Waals surface area contributed by atoms with Crippen LogP contribution < -0.4 is 10.6 Å². The van der Waals surface area contributed by atoms with Crippen molar-refractivity contribution in [1.82, 2.24) is 20.1 Å².